The Morgan fingerprint density at radius 3 is 2.65 bits per heavy atom. The summed E-state index contributed by atoms with van der Waals surface area (Å²) in [5.41, 5.74) is 0.973. The quantitative estimate of drug-likeness (QED) is 0.356. The summed E-state index contributed by atoms with van der Waals surface area (Å²) in [5.74, 6) is -0.498. The summed E-state index contributed by atoms with van der Waals surface area (Å²) in [4.78, 5) is 7.94. The molecule has 0 radical (unpaired) electrons. The Morgan fingerprint density at radius 2 is 1.90 bits per heavy atom. The molecule has 4 rings (SSSR count). The van der Waals surface area contributed by atoms with Crippen LogP contribution in [0.25, 0.3) is 16.9 Å². The molecule has 4 aromatic rings. The number of anilines is 1. The van der Waals surface area contributed by atoms with E-state index in [9.17, 15) is 17.6 Å². The van der Waals surface area contributed by atoms with E-state index in [1.165, 1.54) is 18.3 Å². The van der Waals surface area contributed by atoms with Gasteiger partial charge in [-0.25, -0.2) is 4.98 Å². The highest BCUT2D eigenvalue weighted by molar-refractivity contribution is 6.31. The largest absolute Gasteiger partial charge is 0.417 e. The molecule has 0 bridgehead atoms. The van der Waals surface area contributed by atoms with Gasteiger partial charge in [-0.05, 0) is 52.4 Å². The second kappa shape index (κ2) is 8.26. The number of aromatic nitrogens is 6. The van der Waals surface area contributed by atoms with E-state index in [1.807, 2.05) is 0 Å². The zero-order valence-corrected chi connectivity index (χ0v) is 16.2. The third kappa shape index (κ3) is 4.45. The normalized spacial score (nSPS) is 11.5. The van der Waals surface area contributed by atoms with Gasteiger partial charge < -0.3 is 5.32 Å². The van der Waals surface area contributed by atoms with E-state index in [0.29, 0.717) is 11.3 Å². The lowest BCUT2D eigenvalue weighted by molar-refractivity contribution is -0.137. The van der Waals surface area contributed by atoms with E-state index in [0.717, 1.165) is 22.4 Å². The number of hydrogen-bond acceptors (Lipinski definition) is 6. The number of pyridine rings is 2. The van der Waals surface area contributed by atoms with Crippen molar-refractivity contribution in [2.24, 2.45) is 0 Å². The van der Waals surface area contributed by atoms with Crippen molar-refractivity contribution in [3.8, 4) is 16.9 Å². The third-order valence-electron chi connectivity index (χ3n) is 4.30. The van der Waals surface area contributed by atoms with Gasteiger partial charge in [0.2, 0.25) is 11.9 Å². The minimum absolute atomic E-state index is 0.0818. The van der Waals surface area contributed by atoms with Crippen LogP contribution in [-0.4, -0.2) is 30.2 Å². The van der Waals surface area contributed by atoms with Crippen molar-refractivity contribution in [1.82, 2.24) is 30.2 Å². The average Bonchev–Trinajstić information content (AvgIpc) is 3.21. The molecule has 7 nitrogen and oxygen atoms in total. The SMILES string of the molecule is Fc1ccc(-c2ncccc2CNc2nnnn2-c2ccc(Cl)c(C(F)(F)F)c2)cn1. The van der Waals surface area contributed by atoms with Gasteiger partial charge in [-0.15, -0.1) is 0 Å². The minimum Gasteiger partial charge on any atom is -0.349 e. The second-order valence-corrected chi connectivity index (χ2v) is 6.72. The lowest BCUT2D eigenvalue weighted by Crippen LogP contribution is -2.11. The number of rotatable bonds is 5. The maximum absolute atomic E-state index is 13.2. The smallest absolute Gasteiger partial charge is 0.349 e. The van der Waals surface area contributed by atoms with Gasteiger partial charge in [-0.1, -0.05) is 22.8 Å². The standard InChI is InChI=1S/C19H12ClF4N7/c20-15-5-4-13(8-14(15)19(22,23)24)31-18(28-29-30-31)27-10-11-2-1-7-25-17(11)12-3-6-16(21)26-9-12/h1-9H,10H2,(H,27,28,30). The first kappa shape index (κ1) is 20.7. The van der Waals surface area contributed by atoms with Crippen molar-refractivity contribution in [1.29, 1.82) is 0 Å². The Labute approximate surface area is 177 Å². The molecule has 1 aromatic carbocycles. The molecule has 31 heavy (non-hydrogen) atoms. The number of alkyl halides is 3. The monoisotopic (exact) mass is 449 g/mol. The van der Waals surface area contributed by atoms with Crippen LogP contribution in [0.4, 0.5) is 23.5 Å². The highest BCUT2D eigenvalue weighted by atomic mass is 35.5. The van der Waals surface area contributed by atoms with E-state index in [-0.39, 0.29) is 18.2 Å². The third-order valence-corrected chi connectivity index (χ3v) is 4.63. The summed E-state index contributed by atoms with van der Waals surface area (Å²) in [6.45, 7) is 0.195. The van der Waals surface area contributed by atoms with Crippen molar-refractivity contribution in [3.05, 3.63) is 77.0 Å². The van der Waals surface area contributed by atoms with Gasteiger partial charge in [-0.3, -0.25) is 4.98 Å². The summed E-state index contributed by atoms with van der Waals surface area (Å²) in [5, 5.41) is 13.7. The van der Waals surface area contributed by atoms with Crippen molar-refractivity contribution in [2.45, 2.75) is 12.7 Å². The maximum Gasteiger partial charge on any atom is 0.417 e. The number of benzene rings is 1. The summed E-state index contributed by atoms with van der Waals surface area (Å²) in [7, 11) is 0. The lowest BCUT2D eigenvalue weighted by Gasteiger charge is -2.13. The van der Waals surface area contributed by atoms with E-state index in [1.54, 1.807) is 24.4 Å². The van der Waals surface area contributed by atoms with Gasteiger partial charge in [0, 0.05) is 24.5 Å². The Morgan fingerprint density at radius 1 is 1.06 bits per heavy atom. The molecule has 0 fully saturated rings. The average molecular weight is 450 g/mol. The van der Waals surface area contributed by atoms with E-state index >= 15 is 0 Å². The van der Waals surface area contributed by atoms with Gasteiger partial charge >= 0.3 is 6.18 Å². The van der Waals surface area contributed by atoms with E-state index in [4.69, 9.17) is 11.6 Å². The zero-order valence-electron chi connectivity index (χ0n) is 15.5. The molecule has 158 valence electrons. The van der Waals surface area contributed by atoms with E-state index in [2.05, 4.69) is 30.8 Å². The molecule has 3 heterocycles. The molecule has 0 atom stereocenters. The Balaban J connectivity index is 1.61. The minimum atomic E-state index is -4.62. The molecule has 0 aliphatic heterocycles. The molecule has 0 saturated carbocycles. The molecule has 0 unspecified atom stereocenters. The molecule has 0 spiro atoms. The maximum atomic E-state index is 13.2. The van der Waals surface area contributed by atoms with Crippen molar-refractivity contribution < 1.29 is 17.6 Å². The summed E-state index contributed by atoms with van der Waals surface area (Å²) in [6.07, 6.45) is -1.68. The van der Waals surface area contributed by atoms with Gasteiger partial charge in [0.05, 0.1) is 22.0 Å². The topological polar surface area (TPSA) is 81.4 Å². The van der Waals surface area contributed by atoms with Crippen LogP contribution in [0.2, 0.25) is 5.02 Å². The first-order valence-corrected chi connectivity index (χ1v) is 9.16. The molecular weight excluding hydrogens is 438 g/mol. The molecule has 0 aliphatic carbocycles. The van der Waals surface area contributed by atoms with E-state index < -0.39 is 22.7 Å². The number of halogens is 5. The fourth-order valence-corrected chi connectivity index (χ4v) is 3.09. The first-order chi connectivity index (χ1) is 14.8. The van der Waals surface area contributed by atoms with Crippen molar-refractivity contribution in [2.75, 3.05) is 5.32 Å². The van der Waals surface area contributed by atoms with Gasteiger partial charge in [-0.2, -0.15) is 22.2 Å². The Bertz CT molecular complexity index is 1210. The van der Waals surface area contributed by atoms with Crippen LogP contribution in [-0.2, 0) is 12.7 Å². The van der Waals surface area contributed by atoms with Crippen LogP contribution >= 0.6 is 11.6 Å². The summed E-state index contributed by atoms with van der Waals surface area (Å²) >= 11 is 5.68. The predicted molar refractivity (Wildman–Crippen MR) is 104 cm³/mol. The molecule has 1 N–H and O–H groups in total. The van der Waals surface area contributed by atoms with Gasteiger partial charge in [0.25, 0.3) is 0 Å². The van der Waals surface area contributed by atoms with Gasteiger partial charge in [0.15, 0.2) is 0 Å². The van der Waals surface area contributed by atoms with Crippen LogP contribution in [0.5, 0.6) is 0 Å². The van der Waals surface area contributed by atoms with Crippen molar-refractivity contribution >= 4 is 17.5 Å². The zero-order chi connectivity index (χ0) is 22.0. The van der Waals surface area contributed by atoms with Crippen LogP contribution in [0.3, 0.4) is 0 Å². The molecule has 3 aromatic heterocycles. The summed E-state index contributed by atoms with van der Waals surface area (Å²) < 4.78 is 53.8. The Hall–Kier alpha value is -3.60. The fraction of sp³-hybridized carbons (Fsp3) is 0.105. The molecule has 0 saturated heterocycles. The first-order valence-electron chi connectivity index (χ1n) is 8.78. The van der Waals surface area contributed by atoms with Crippen LogP contribution in [0.1, 0.15) is 11.1 Å². The predicted octanol–water partition coefficient (Wildman–Crippen LogP) is 4.54. The number of nitrogens with one attached hydrogen (secondary N) is 1. The lowest BCUT2D eigenvalue weighted by atomic mass is 10.1. The van der Waals surface area contributed by atoms with Gasteiger partial charge in [0.1, 0.15) is 0 Å². The van der Waals surface area contributed by atoms with Crippen molar-refractivity contribution in [3.63, 3.8) is 0 Å². The highest BCUT2D eigenvalue weighted by Crippen LogP contribution is 2.36. The molecule has 0 aliphatic rings. The number of tetrazole rings is 1. The van der Waals surface area contributed by atoms with Crippen LogP contribution in [0.15, 0.2) is 54.9 Å². The molecule has 12 heteroatoms. The second-order valence-electron chi connectivity index (χ2n) is 6.31. The fourth-order valence-electron chi connectivity index (χ4n) is 2.86. The molecular formula is C19H12ClF4N7. The van der Waals surface area contributed by atoms with Crippen LogP contribution < -0.4 is 5.32 Å². The number of nitrogens with zero attached hydrogens (tertiary/aromatic N) is 6. The highest BCUT2D eigenvalue weighted by Gasteiger charge is 2.33. The van der Waals surface area contributed by atoms with Crippen LogP contribution in [0, 0.1) is 5.95 Å². The number of hydrogen-bond donors (Lipinski definition) is 1. The Kier molecular flexibility index (Phi) is 5.51. The molecule has 0 amide bonds. The summed E-state index contributed by atoms with van der Waals surface area (Å²) in [6, 6.07) is 9.64.